The zero-order chi connectivity index (χ0) is 18.6. The summed E-state index contributed by atoms with van der Waals surface area (Å²) in [6.07, 6.45) is 2.53. The van der Waals surface area contributed by atoms with E-state index in [2.05, 4.69) is 10.6 Å². The van der Waals surface area contributed by atoms with Gasteiger partial charge < -0.3 is 16.4 Å². The Morgan fingerprint density at radius 3 is 2.48 bits per heavy atom. The molecule has 2 heterocycles. The molecule has 1 fully saturated rings. The first kappa shape index (κ1) is 18.9. The molecule has 2 rings (SSSR count). The minimum Gasteiger partial charge on any atom is -0.366 e. The molecule has 1 saturated heterocycles. The SMILES string of the molecule is CCCC1(CCC)NC(=O)N(CC(=O)Nc2sccc2C(N)=O)C1=O. The third kappa shape index (κ3) is 3.81. The summed E-state index contributed by atoms with van der Waals surface area (Å²) in [5, 5.41) is 7.21. The molecule has 1 aliphatic heterocycles. The van der Waals surface area contributed by atoms with E-state index in [-0.39, 0.29) is 11.5 Å². The van der Waals surface area contributed by atoms with Crippen LogP contribution >= 0.6 is 11.3 Å². The summed E-state index contributed by atoms with van der Waals surface area (Å²) in [6, 6.07) is 0.937. The van der Waals surface area contributed by atoms with Crippen molar-refractivity contribution in [3.63, 3.8) is 0 Å². The van der Waals surface area contributed by atoms with Crippen LogP contribution in [0, 0.1) is 0 Å². The molecular weight excluding hydrogens is 344 g/mol. The van der Waals surface area contributed by atoms with E-state index in [4.69, 9.17) is 5.73 Å². The lowest BCUT2D eigenvalue weighted by Gasteiger charge is -2.25. The molecule has 136 valence electrons. The third-order valence-electron chi connectivity index (χ3n) is 4.08. The number of anilines is 1. The molecule has 0 aromatic carbocycles. The number of urea groups is 1. The number of thiophene rings is 1. The molecule has 0 radical (unpaired) electrons. The van der Waals surface area contributed by atoms with Crippen molar-refractivity contribution < 1.29 is 19.2 Å². The van der Waals surface area contributed by atoms with Crippen LogP contribution in [-0.2, 0) is 9.59 Å². The molecule has 0 atom stereocenters. The smallest absolute Gasteiger partial charge is 0.325 e. The Bertz CT molecular complexity index is 694. The van der Waals surface area contributed by atoms with Gasteiger partial charge in [0.15, 0.2) is 0 Å². The van der Waals surface area contributed by atoms with Crippen LogP contribution in [0.15, 0.2) is 11.4 Å². The first-order valence-corrected chi connectivity index (χ1v) is 9.03. The Labute approximate surface area is 149 Å². The predicted octanol–water partition coefficient (Wildman–Crippen LogP) is 1.68. The van der Waals surface area contributed by atoms with E-state index in [0.29, 0.717) is 17.8 Å². The molecule has 5 amide bonds. The van der Waals surface area contributed by atoms with Gasteiger partial charge in [-0.2, -0.15) is 0 Å². The van der Waals surface area contributed by atoms with Gasteiger partial charge in [0.2, 0.25) is 5.91 Å². The number of nitrogens with two attached hydrogens (primary N) is 1. The minimum absolute atomic E-state index is 0.196. The second-order valence-electron chi connectivity index (χ2n) is 5.98. The molecule has 0 unspecified atom stereocenters. The Hall–Kier alpha value is -2.42. The van der Waals surface area contributed by atoms with E-state index >= 15 is 0 Å². The summed E-state index contributed by atoms with van der Waals surface area (Å²) in [5.41, 5.74) is 4.50. The molecule has 8 nitrogen and oxygen atoms in total. The fourth-order valence-electron chi connectivity index (χ4n) is 3.05. The Balaban J connectivity index is 2.10. The number of carbonyl (C=O) groups excluding carboxylic acids is 4. The van der Waals surface area contributed by atoms with Crippen molar-refractivity contribution in [1.29, 1.82) is 0 Å². The Morgan fingerprint density at radius 2 is 1.92 bits per heavy atom. The summed E-state index contributed by atoms with van der Waals surface area (Å²) >= 11 is 1.14. The number of nitrogens with zero attached hydrogens (tertiary/aromatic N) is 1. The van der Waals surface area contributed by atoms with Gasteiger partial charge in [-0.3, -0.25) is 19.3 Å². The van der Waals surface area contributed by atoms with E-state index in [0.717, 1.165) is 29.1 Å². The topological polar surface area (TPSA) is 122 Å². The van der Waals surface area contributed by atoms with Gasteiger partial charge in [-0.25, -0.2) is 4.79 Å². The number of imide groups is 1. The predicted molar refractivity (Wildman–Crippen MR) is 94.3 cm³/mol. The zero-order valence-electron chi connectivity index (χ0n) is 14.3. The number of rotatable bonds is 8. The van der Waals surface area contributed by atoms with Crippen molar-refractivity contribution in [2.75, 3.05) is 11.9 Å². The maximum absolute atomic E-state index is 12.7. The van der Waals surface area contributed by atoms with Gasteiger partial charge in [0.1, 0.15) is 17.1 Å². The molecule has 25 heavy (non-hydrogen) atoms. The standard InChI is InChI=1S/C16H22N4O4S/c1-3-6-16(7-4-2)14(23)20(15(24)19-16)9-11(21)18-13-10(12(17)22)5-8-25-13/h5,8H,3-4,6-7,9H2,1-2H3,(H2,17,22)(H,18,21)(H,19,24). The summed E-state index contributed by atoms with van der Waals surface area (Å²) in [6.45, 7) is 3.47. The van der Waals surface area contributed by atoms with Crippen molar-refractivity contribution in [3.8, 4) is 0 Å². The van der Waals surface area contributed by atoms with Crippen LogP contribution in [0.3, 0.4) is 0 Å². The van der Waals surface area contributed by atoms with Crippen molar-refractivity contribution in [1.82, 2.24) is 10.2 Å². The highest BCUT2D eigenvalue weighted by Gasteiger charge is 2.50. The molecule has 0 bridgehead atoms. The Morgan fingerprint density at radius 1 is 1.28 bits per heavy atom. The fraction of sp³-hybridized carbons (Fsp3) is 0.500. The first-order chi connectivity index (χ1) is 11.8. The van der Waals surface area contributed by atoms with Gasteiger partial charge in [-0.15, -0.1) is 11.3 Å². The van der Waals surface area contributed by atoms with E-state index < -0.39 is 29.9 Å². The van der Waals surface area contributed by atoms with Crippen LogP contribution in [0.1, 0.15) is 49.9 Å². The number of amides is 5. The lowest BCUT2D eigenvalue weighted by atomic mass is 9.88. The molecule has 4 N–H and O–H groups in total. The molecule has 1 aromatic heterocycles. The minimum atomic E-state index is -0.928. The number of carbonyl (C=O) groups is 4. The summed E-state index contributed by atoms with van der Waals surface area (Å²) in [7, 11) is 0. The van der Waals surface area contributed by atoms with Crippen molar-refractivity contribution in [3.05, 3.63) is 17.0 Å². The molecule has 0 aliphatic carbocycles. The molecule has 0 saturated carbocycles. The highest BCUT2D eigenvalue weighted by Crippen LogP contribution is 2.28. The van der Waals surface area contributed by atoms with Crippen LogP contribution in [0.2, 0.25) is 0 Å². The van der Waals surface area contributed by atoms with Crippen molar-refractivity contribution in [2.24, 2.45) is 5.73 Å². The second-order valence-corrected chi connectivity index (χ2v) is 6.90. The van der Waals surface area contributed by atoms with Gasteiger partial charge in [-0.1, -0.05) is 26.7 Å². The second kappa shape index (κ2) is 7.64. The van der Waals surface area contributed by atoms with E-state index in [9.17, 15) is 19.2 Å². The average molecular weight is 366 g/mol. The van der Waals surface area contributed by atoms with Crippen LogP contribution < -0.4 is 16.4 Å². The third-order valence-corrected chi connectivity index (χ3v) is 4.91. The Kier molecular flexibility index (Phi) is 5.78. The number of hydrogen-bond acceptors (Lipinski definition) is 5. The first-order valence-electron chi connectivity index (χ1n) is 8.16. The van der Waals surface area contributed by atoms with Crippen molar-refractivity contribution in [2.45, 2.75) is 45.1 Å². The van der Waals surface area contributed by atoms with Crippen LogP contribution in [-0.4, -0.2) is 40.7 Å². The lowest BCUT2D eigenvalue weighted by Crippen LogP contribution is -2.47. The van der Waals surface area contributed by atoms with Crippen LogP contribution in [0.25, 0.3) is 0 Å². The summed E-state index contributed by atoms with van der Waals surface area (Å²) in [5.74, 6) is -1.59. The molecule has 1 aliphatic rings. The van der Waals surface area contributed by atoms with Crippen molar-refractivity contribution >= 4 is 40.1 Å². The monoisotopic (exact) mass is 366 g/mol. The summed E-state index contributed by atoms with van der Waals surface area (Å²) < 4.78 is 0. The largest absolute Gasteiger partial charge is 0.366 e. The van der Waals surface area contributed by atoms with Gasteiger partial charge in [0, 0.05) is 0 Å². The van der Waals surface area contributed by atoms with E-state index in [1.54, 1.807) is 5.38 Å². The number of nitrogens with one attached hydrogen (secondary N) is 2. The van der Waals surface area contributed by atoms with Gasteiger partial charge in [0.05, 0.1) is 5.56 Å². The maximum Gasteiger partial charge on any atom is 0.325 e. The maximum atomic E-state index is 12.7. The molecule has 1 aromatic rings. The fourth-order valence-corrected chi connectivity index (χ4v) is 3.86. The molecule has 9 heteroatoms. The van der Waals surface area contributed by atoms with Crippen LogP contribution in [0.4, 0.5) is 9.80 Å². The van der Waals surface area contributed by atoms with E-state index in [1.807, 2.05) is 13.8 Å². The average Bonchev–Trinajstić information content (AvgIpc) is 3.07. The van der Waals surface area contributed by atoms with Crippen LogP contribution in [0.5, 0.6) is 0 Å². The number of primary amides is 1. The summed E-state index contributed by atoms with van der Waals surface area (Å²) in [4.78, 5) is 49.4. The highest BCUT2D eigenvalue weighted by atomic mass is 32.1. The molecular formula is C16H22N4O4S. The highest BCUT2D eigenvalue weighted by molar-refractivity contribution is 7.14. The lowest BCUT2D eigenvalue weighted by molar-refractivity contribution is -0.134. The quantitative estimate of drug-likeness (QED) is 0.606. The zero-order valence-corrected chi connectivity index (χ0v) is 15.1. The number of hydrogen-bond donors (Lipinski definition) is 3. The molecule has 0 spiro atoms. The van der Waals surface area contributed by atoms with Gasteiger partial charge in [0.25, 0.3) is 11.8 Å². The van der Waals surface area contributed by atoms with E-state index in [1.165, 1.54) is 6.07 Å². The van der Waals surface area contributed by atoms with Gasteiger partial charge in [-0.05, 0) is 24.3 Å². The normalized spacial score (nSPS) is 16.0. The van der Waals surface area contributed by atoms with Gasteiger partial charge >= 0.3 is 6.03 Å².